The maximum absolute atomic E-state index is 12.8. The van der Waals surface area contributed by atoms with E-state index in [-0.39, 0.29) is 11.3 Å². The van der Waals surface area contributed by atoms with Crippen LogP contribution < -0.4 is 5.32 Å². The van der Waals surface area contributed by atoms with Crippen molar-refractivity contribution < 1.29 is 4.79 Å². The van der Waals surface area contributed by atoms with Crippen molar-refractivity contribution in [1.82, 2.24) is 20.1 Å². The number of rotatable bonds is 5. The molecule has 5 heteroatoms. The molecule has 0 aliphatic heterocycles. The maximum atomic E-state index is 12.8. The molecule has 1 aromatic heterocycles. The van der Waals surface area contributed by atoms with E-state index in [1.165, 1.54) is 6.33 Å². The van der Waals surface area contributed by atoms with Crippen LogP contribution in [0.15, 0.2) is 67.3 Å². The first-order chi connectivity index (χ1) is 11.8. The van der Waals surface area contributed by atoms with Crippen LogP contribution >= 0.6 is 0 Å². The summed E-state index contributed by atoms with van der Waals surface area (Å²) in [5.41, 5.74) is 2.70. The molecular formula is C19H18N4O. The van der Waals surface area contributed by atoms with Gasteiger partial charge in [0.2, 0.25) is 5.91 Å². The second-order valence-corrected chi connectivity index (χ2v) is 6.10. The van der Waals surface area contributed by atoms with Gasteiger partial charge in [-0.1, -0.05) is 48.5 Å². The highest BCUT2D eigenvalue weighted by Gasteiger charge is 2.50. The third kappa shape index (κ3) is 2.58. The fraction of sp³-hybridized carbons (Fsp3) is 0.211. The topological polar surface area (TPSA) is 59.8 Å². The molecule has 2 aromatic carbocycles. The minimum absolute atomic E-state index is 0.0992. The molecule has 1 aliphatic rings. The first-order valence-corrected chi connectivity index (χ1v) is 8.06. The maximum Gasteiger partial charge on any atom is 0.230 e. The van der Waals surface area contributed by atoms with Gasteiger partial charge in [0.05, 0.1) is 11.1 Å². The summed E-state index contributed by atoms with van der Waals surface area (Å²) in [6.07, 6.45) is 4.98. The van der Waals surface area contributed by atoms with E-state index in [2.05, 4.69) is 15.4 Å². The molecule has 0 radical (unpaired) electrons. The Morgan fingerprint density at radius 2 is 1.83 bits per heavy atom. The molecule has 0 atom stereocenters. The Labute approximate surface area is 140 Å². The van der Waals surface area contributed by atoms with Crippen LogP contribution in [0.25, 0.3) is 5.69 Å². The SMILES string of the molecule is O=C(NCc1ccccc1-n1cncn1)C1(c2ccccc2)CC1. The molecule has 0 bridgehead atoms. The van der Waals surface area contributed by atoms with Gasteiger partial charge in [0.25, 0.3) is 0 Å². The van der Waals surface area contributed by atoms with Gasteiger partial charge < -0.3 is 5.32 Å². The van der Waals surface area contributed by atoms with Crippen LogP contribution in [0.5, 0.6) is 0 Å². The molecule has 4 rings (SSSR count). The zero-order valence-corrected chi connectivity index (χ0v) is 13.2. The van der Waals surface area contributed by atoms with E-state index in [0.29, 0.717) is 6.54 Å². The zero-order chi connectivity index (χ0) is 16.4. The van der Waals surface area contributed by atoms with Crippen LogP contribution in [-0.2, 0) is 16.8 Å². The van der Waals surface area contributed by atoms with Crippen LogP contribution in [0.4, 0.5) is 0 Å². The first-order valence-electron chi connectivity index (χ1n) is 8.06. The highest BCUT2D eigenvalue weighted by Crippen LogP contribution is 2.48. The van der Waals surface area contributed by atoms with Gasteiger partial charge in [0, 0.05) is 6.54 Å². The normalized spacial score (nSPS) is 15.0. The molecule has 0 unspecified atom stereocenters. The molecular weight excluding hydrogens is 300 g/mol. The number of carbonyl (C=O) groups is 1. The number of para-hydroxylation sites is 1. The second kappa shape index (κ2) is 5.92. The molecule has 120 valence electrons. The molecule has 5 nitrogen and oxygen atoms in total. The number of aromatic nitrogens is 3. The van der Waals surface area contributed by atoms with Gasteiger partial charge in [0.1, 0.15) is 12.7 Å². The van der Waals surface area contributed by atoms with Gasteiger partial charge in [-0.25, -0.2) is 9.67 Å². The van der Waals surface area contributed by atoms with Crippen molar-refractivity contribution in [3.05, 3.63) is 78.4 Å². The highest BCUT2D eigenvalue weighted by molar-refractivity contribution is 5.91. The number of amides is 1. The number of carbonyl (C=O) groups excluding carboxylic acids is 1. The predicted octanol–water partition coefficient (Wildman–Crippen LogP) is 2.62. The lowest BCUT2D eigenvalue weighted by Crippen LogP contribution is -2.34. The monoisotopic (exact) mass is 318 g/mol. The number of nitrogens with one attached hydrogen (secondary N) is 1. The smallest absolute Gasteiger partial charge is 0.230 e. The Morgan fingerprint density at radius 3 is 2.54 bits per heavy atom. The van der Waals surface area contributed by atoms with Gasteiger partial charge >= 0.3 is 0 Å². The minimum Gasteiger partial charge on any atom is -0.351 e. The Kier molecular flexibility index (Phi) is 3.61. The largest absolute Gasteiger partial charge is 0.351 e. The van der Waals surface area contributed by atoms with Gasteiger partial charge in [-0.3, -0.25) is 4.79 Å². The molecule has 3 aromatic rings. The summed E-state index contributed by atoms with van der Waals surface area (Å²) < 4.78 is 1.71. The lowest BCUT2D eigenvalue weighted by atomic mass is 9.95. The molecule has 1 saturated carbocycles. The summed E-state index contributed by atoms with van der Waals surface area (Å²) in [5, 5.41) is 7.28. The molecule has 1 N–H and O–H groups in total. The molecule has 0 saturated heterocycles. The quantitative estimate of drug-likeness (QED) is 0.786. The Bertz CT molecular complexity index is 839. The minimum atomic E-state index is -0.344. The number of nitrogens with zero attached hydrogens (tertiary/aromatic N) is 3. The van der Waals surface area contributed by atoms with Crippen molar-refractivity contribution in [3.8, 4) is 5.69 Å². The summed E-state index contributed by atoms with van der Waals surface area (Å²) in [6.45, 7) is 0.476. The second-order valence-electron chi connectivity index (χ2n) is 6.10. The fourth-order valence-electron chi connectivity index (χ4n) is 3.09. The summed E-state index contributed by atoms with van der Waals surface area (Å²) in [5.74, 6) is 0.0992. The first kappa shape index (κ1) is 14.6. The lowest BCUT2D eigenvalue weighted by Gasteiger charge is -2.17. The van der Waals surface area contributed by atoms with Gasteiger partial charge in [-0.05, 0) is 30.0 Å². The summed E-state index contributed by atoms with van der Waals surface area (Å²) >= 11 is 0. The van der Waals surface area contributed by atoms with Crippen LogP contribution in [-0.4, -0.2) is 20.7 Å². The van der Waals surface area contributed by atoms with Gasteiger partial charge in [-0.2, -0.15) is 5.10 Å². The zero-order valence-electron chi connectivity index (χ0n) is 13.2. The Morgan fingerprint density at radius 1 is 1.08 bits per heavy atom. The summed E-state index contributed by atoms with van der Waals surface area (Å²) in [6, 6.07) is 17.9. The predicted molar refractivity (Wildman–Crippen MR) is 90.6 cm³/mol. The lowest BCUT2D eigenvalue weighted by molar-refractivity contribution is -0.123. The standard InChI is InChI=1S/C19H18N4O/c24-18(19(10-11-19)16-7-2-1-3-8-16)21-12-15-6-4-5-9-17(15)23-14-20-13-22-23/h1-9,13-14H,10-12H2,(H,21,24). The molecule has 1 amide bonds. The van der Waals surface area contributed by atoms with Crippen molar-refractivity contribution in [2.24, 2.45) is 0 Å². The molecule has 1 aliphatic carbocycles. The van der Waals surface area contributed by atoms with Crippen molar-refractivity contribution in [3.63, 3.8) is 0 Å². The molecule has 1 heterocycles. The molecule has 24 heavy (non-hydrogen) atoms. The van der Waals surface area contributed by atoms with E-state index >= 15 is 0 Å². The molecule has 1 fully saturated rings. The van der Waals surface area contributed by atoms with Crippen LogP contribution in [0, 0.1) is 0 Å². The highest BCUT2D eigenvalue weighted by atomic mass is 16.2. The van der Waals surface area contributed by atoms with Gasteiger partial charge in [-0.15, -0.1) is 0 Å². The van der Waals surface area contributed by atoms with Crippen molar-refractivity contribution >= 4 is 5.91 Å². The average molecular weight is 318 g/mol. The van der Waals surface area contributed by atoms with Crippen molar-refractivity contribution in [2.75, 3.05) is 0 Å². The Hall–Kier alpha value is -2.95. The van der Waals surface area contributed by atoms with E-state index in [9.17, 15) is 4.79 Å². The van der Waals surface area contributed by atoms with E-state index in [1.807, 2.05) is 54.6 Å². The molecule has 0 spiro atoms. The average Bonchev–Trinajstić information content (AvgIpc) is 3.28. The van der Waals surface area contributed by atoms with E-state index < -0.39 is 0 Å². The van der Waals surface area contributed by atoms with Crippen LogP contribution in [0.3, 0.4) is 0 Å². The number of benzene rings is 2. The van der Waals surface area contributed by atoms with E-state index in [0.717, 1.165) is 29.7 Å². The van der Waals surface area contributed by atoms with E-state index in [1.54, 1.807) is 11.0 Å². The summed E-state index contributed by atoms with van der Waals surface area (Å²) in [7, 11) is 0. The van der Waals surface area contributed by atoms with Gasteiger partial charge in [0.15, 0.2) is 0 Å². The van der Waals surface area contributed by atoms with E-state index in [4.69, 9.17) is 0 Å². The van der Waals surface area contributed by atoms with Crippen molar-refractivity contribution in [2.45, 2.75) is 24.8 Å². The summed E-state index contributed by atoms with van der Waals surface area (Å²) in [4.78, 5) is 16.7. The fourth-order valence-corrected chi connectivity index (χ4v) is 3.09. The third-order valence-corrected chi connectivity index (χ3v) is 4.61. The third-order valence-electron chi connectivity index (χ3n) is 4.61. The van der Waals surface area contributed by atoms with Crippen LogP contribution in [0.1, 0.15) is 24.0 Å². The Balaban J connectivity index is 1.51. The van der Waals surface area contributed by atoms with Crippen LogP contribution in [0.2, 0.25) is 0 Å². The number of hydrogen-bond acceptors (Lipinski definition) is 3. The number of hydrogen-bond donors (Lipinski definition) is 1. The van der Waals surface area contributed by atoms with Crippen molar-refractivity contribution in [1.29, 1.82) is 0 Å².